The Kier molecular flexibility index (Phi) is 5.29. The van der Waals surface area contributed by atoms with Gasteiger partial charge in [0.15, 0.2) is 5.82 Å². The van der Waals surface area contributed by atoms with Gasteiger partial charge < -0.3 is 4.90 Å². The van der Waals surface area contributed by atoms with Crippen molar-refractivity contribution < 1.29 is 8.42 Å². The lowest BCUT2D eigenvalue weighted by Crippen LogP contribution is -2.49. The maximum Gasteiger partial charge on any atom is 0.243 e. The first-order chi connectivity index (χ1) is 13.9. The molecular weight excluding hydrogens is 386 g/mol. The number of hydrogen-bond donors (Lipinski definition) is 0. The summed E-state index contributed by atoms with van der Waals surface area (Å²) in [6, 6.07) is 13.1. The number of hydrogen-bond acceptors (Lipinski definition) is 6. The van der Waals surface area contributed by atoms with Crippen LogP contribution in [0.2, 0.25) is 0 Å². The van der Waals surface area contributed by atoms with Gasteiger partial charge in [-0.25, -0.2) is 8.42 Å². The molecule has 3 aromatic rings. The number of nitrogens with zero attached hydrogens (tertiary/aromatic N) is 5. The molecule has 2 aromatic heterocycles. The van der Waals surface area contributed by atoms with E-state index in [2.05, 4.69) is 20.1 Å². The van der Waals surface area contributed by atoms with E-state index in [4.69, 9.17) is 0 Å². The summed E-state index contributed by atoms with van der Waals surface area (Å²) in [5, 5.41) is 8.64. The molecule has 4 rings (SSSR count). The van der Waals surface area contributed by atoms with E-state index in [1.165, 1.54) is 0 Å². The largest absolute Gasteiger partial charge is 0.352 e. The van der Waals surface area contributed by atoms with Gasteiger partial charge in [0.2, 0.25) is 10.0 Å². The van der Waals surface area contributed by atoms with E-state index in [1.54, 1.807) is 28.8 Å². The van der Waals surface area contributed by atoms with Crippen LogP contribution < -0.4 is 4.90 Å². The molecule has 0 N–H and O–H groups in total. The summed E-state index contributed by atoms with van der Waals surface area (Å²) < 4.78 is 27.6. The second-order valence-corrected chi connectivity index (χ2v) is 9.17. The van der Waals surface area contributed by atoms with Crippen molar-refractivity contribution >= 4 is 15.8 Å². The molecule has 1 saturated heterocycles. The van der Waals surface area contributed by atoms with Crippen LogP contribution in [-0.2, 0) is 10.0 Å². The molecule has 0 spiro atoms. The van der Waals surface area contributed by atoms with Crippen LogP contribution in [0.5, 0.6) is 0 Å². The summed E-state index contributed by atoms with van der Waals surface area (Å²) in [7, 11) is -3.49. The molecule has 0 bridgehead atoms. The van der Waals surface area contributed by atoms with Gasteiger partial charge in [0.1, 0.15) is 0 Å². The molecule has 0 aliphatic carbocycles. The van der Waals surface area contributed by atoms with Crippen molar-refractivity contribution in [1.82, 2.24) is 19.5 Å². The van der Waals surface area contributed by atoms with Gasteiger partial charge in [-0.05, 0) is 61.4 Å². The monoisotopic (exact) mass is 409 g/mol. The third kappa shape index (κ3) is 4.13. The Labute approximate surface area is 171 Å². The molecule has 0 unspecified atom stereocenters. The second kappa shape index (κ2) is 7.88. The normalized spacial score (nSPS) is 15.4. The highest BCUT2D eigenvalue weighted by Gasteiger charge is 2.29. The van der Waals surface area contributed by atoms with Gasteiger partial charge in [0.05, 0.1) is 10.6 Å². The minimum atomic E-state index is -3.49. The Morgan fingerprint density at radius 2 is 1.48 bits per heavy atom. The first-order valence-electron chi connectivity index (χ1n) is 9.51. The zero-order valence-electron chi connectivity index (χ0n) is 16.5. The molecular formula is C21H23N5O2S. The Morgan fingerprint density at radius 3 is 2.07 bits per heavy atom. The molecule has 0 saturated carbocycles. The highest BCUT2D eigenvalue weighted by Crippen LogP contribution is 2.23. The average molecular weight is 410 g/mol. The van der Waals surface area contributed by atoms with Gasteiger partial charge in [-0.2, -0.15) is 4.31 Å². The summed E-state index contributed by atoms with van der Waals surface area (Å²) >= 11 is 0. The van der Waals surface area contributed by atoms with Crippen LogP contribution >= 0.6 is 0 Å². The maximum absolute atomic E-state index is 13.0. The number of rotatable bonds is 4. The molecule has 150 valence electrons. The molecule has 7 nitrogen and oxygen atoms in total. The lowest BCUT2D eigenvalue weighted by molar-refractivity contribution is 0.383. The van der Waals surface area contributed by atoms with Crippen molar-refractivity contribution in [3.05, 3.63) is 66.0 Å². The van der Waals surface area contributed by atoms with Crippen LogP contribution in [0.1, 0.15) is 11.1 Å². The van der Waals surface area contributed by atoms with Crippen molar-refractivity contribution in [2.45, 2.75) is 18.7 Å². The molecule has 29 heavy (non-hydrogen) atoms. The van der Waals surface area contributed by atoms with E-state index in [9.17, 15) is 8.42 Å². The molecule has 1 fully saturated rings. The van der Waals surface area contributed by atoms with E-state index < -0.39 is 10.0 Å². The quantitative estimate of drug-likeness (QED) is 0.659. The number of aromatic nitrogens is 3. The van der Waals surface area contributed by atoms with Crippen LogP contribution in [0.25, 0.3) is 11.3 Å². The SMILES string of the molecule is Cc1cc(C)cc(S(=O)(=O)N2CCN(c3ccc(-c4ccncc4)nn3)CC2)c1. The van der Waals surface area contributed by atoms with Crippen LogP contribution in [0.3, 0.4) is 0 Å². The van der Waals surface area contributed by atoms with Crippen molar-refractivity contribution in [3.63, 3.8) is 0 Å². The molecule has 1 aliphatic heterocycles. The van der Waals surface area contributed by atoms with E-state index in [1.807, 2.05) is 44.2 Å². The highest BCUT2D eigenvalue weighted by atomic mass is 32.2. The topological polar surface area (TPSA) is 79.3 Å². The smallest absolute Gasteiger partial charge is 0.243 e. The Balaban J connectivity index is 1.45. The second-order valence-electron chi connectivity index (χ2n) is 7.23. The van der Waals surface area contributed by atoms with Crippen LogP contribution in [0.4, 0.5) is 5.82 Å². The van der Waals surface area contributed by atoms with Crippen LogP contribution in [0, 0.1) is 13.8 Å². The zero-order valence-corrected chi connectivity index (χ0v) is 17.3. The molecule has 0 atom stereocenters. The predicted octanol–water partition coefficient (Wildman–Crippen LogP) is 2.67. The van der Waals surface area contributed by atoms with E-state index in [-0.39, 0.29) is 0 Å². The van der Waals surface area contributed by atoms with E-state index in [0.29, 0.717) is 31.1 Å². The Morgan fingerprint density at radius 1 is 0.828 bits per heavy atom. The average Bonchev–Trinajstić information content (AvgIpc) is 2.74. The summed E-state index contributed by atoms with van der Waals surface area (Å²) in [6.07, 6.45) is 3.45. The van der Waals surface area contributed by atoms with Gasteiger partial charge in [-0.3, -0.25) is 4.98 Å². The fourth-order valence-corrected chi connectivity index (χ4v) is 5.17. The summed E-state index contributed by atoms with van der Waals surface area (Å²) in [5.74, 6) is 0.756. The van der Waals surface area contributed by atoms with Crippen molar-refractivity contribution in [3.8, 4) is 11.3 Å². The summed E-state index contributed by atoms with van der Waals surface area (Å²) in [6.45, 7) is 5.82. The molecule has 1 aromatic carbocycles. The number of anilines is 1. The van der Waals surface area contributed by atoms with Gasteiger partial charge in [0.25, 0.3) is 0 Å². The van der Waals surface area contributed by atoms with Gasteiger partial charge in [-0.15, -0.1) is 10.2 Å². The summed E-state index contributed by atoms with van der Waals surface area (Å²) in [5.41, 5.74) is 3.65. The van der Waals surface area contributed by atoms with Gasteiger partial charge >= 0.3 is 0 Å². The van der Waals surface area contributed by atoms with Crippen LogP contribution in [-0.4, -0.2) is 54.1 Å². The standard InChI is InChI=1S/C21H23N5O2S/c1-16-13-17(2)15-19(14-16)29(27,28)26-11-9-25(10-12-26)21-4-3-20(23-24-21)18-5-7-22-8-6-18/h3-8,13-15H,9-12H2,1-2H3. The molecule has 0 radical (unpaired) electrons. The summed E-state index contributed by atoms with van der Waals surface area (Å²) in [4.78, 5) is 6.44. The van der Waals surface area contributed by atoms with E-state index >= 15 is 0 Å². The lowest BCUT2D eigenvalue weighted by atomic mass is 10.2. The molecule has 0 amide bonds. The lowest BCUT2D eigenvalue weighted by Gasteiger charge is -2.34. The first kappa shape index (κ1) is 19.5. The Hall–Kier alpha value is -2.84. The number of piperazine rings is 1. The highest BCUT2D eigenvalue weighted by molar-refractivity contribution is 7.89. The maximum atomic E-state index is 13.0. The van der Waals surface area contributed by atoms with Crippen molar-refractivity contribution in [2.75, 3.05) is 31.1 Å². The van der Waals surface area contributed by atoms with Crippen LogP contribution in [0.15, 0.2) is 59.8 Å². The number of pyridine rings is 1. The van der Waals surface area contributed by atoms with Gasteiger partial charge in [0, 0.05) is 44.1 Å². The van der Waals surface area contributed by atoms with Crippen molar-refractivity contribution in [2.24, 2.45) is 0 Å². The fourth-order valence-electron chi connectivity index (χ4n) is 3.56. The van der Waals surface area contributed by atoms with E-state index in [0.717, 1.165) is 28.2 Å². The first-order valence-corrected chi connectivity index (χ1v) is 10.9. The fraction of sp³-hybridized carbons (Fsp3) is 0.286. The minimum Gasteiger partial charge on any atom is -0.352 e. The third-order valence-electron chi connectivity index (χ3n) is 5.02. The molecule has 1 aliphatic rings. The zero-order chi connectivity index (χ0) is 20.4. The molecule has 8 heteroatoms. The number of benzene rings is 1. The third-order valence-corrected chi connectivity index (χ3v) is 6.90. The number of aryl methyl sites for hydroxylation is 2. The Bertz CT molecular complexity index is 1070. The van der Waals surface area contributed by atoms with Crippen molar-refractivity contribution in [1.29, 1.82) is 0 Å². The van der Waals surface area contributed by atoms with Gasteiger partial charge in [-0.1, -0.05) is 6.07 Å². The minimum absolute atomic E-state index is 0.366. The predicted molar refractivity (Wildman–Crippen MR) is 112 cm³/mol. The number of sulfonamides is 1. The molecule has 3 heterocycles.